The number of halogens is 1. The monoisotopic (exact) mass is 435 g/mol. The molecule has 0 aliphatic heterocycles. The van der Waals surface area contributed by atoms with E-state index in [1.807, 2.05) is 0 Å². The highest BCUT2D eigenvalue weighted by Gasteiger charge is 2.30. The van der Waals surface area contributed by atoms with Crippen molar-refractivity contribution in [1.82, 2.24) is 15.2 Å². The molecule has 1 heterocycles. The average molecular weight is 436 g/mol. The standard InChI is InChI=1S/C24H22ClN3O3/c25-18-11-7-16(8-12-18)23(30)26-20-4-3-5-21(20)27-24(31)17-9-13-19(14-10-17)28-15-2-1-6-22(28)29/h1-2,6-15,20-21H,3-5H2,(H,26,30)(H,27,31). The minimum absolute atomic E-state index is 0.130. The van der Waals surface area contributed by atoms with Gasteiger partial charge < -0.3 is 10.6 Å². The van der Waals surface area contributed by atoms with Crippen LogP contribution < -0.4 is 16.2 Å². The summed E-state index contributed by atoms with van der Waals surface area (Å²) in [7, 11) is 0. The minimum atomic E-state index is -0.204. The van der Waals surface area contributed by atoms with E-state index in [2.05, 4.69) is 10.6 Å². The zero-order chi connectivity index (χ0) is 21.8. The molecule has 1 saturated carbocycles. The number of carbonyl (C=O) groups excluding carboxylic acids is 2. The molecule has 0 bridgehead atoms. The summed E-state index contributed by atoms with van der Waals surface area (Å²) in [5.41, 5.74) is 1.59. The van der Waals surface area contributed by atoms with Crippen molar-refractivity contribution < 1.29 is 9.59 Å². The summed E-state index contributed by atoms with van der Waals surface area (Å²) in [5.74, 6) is -0.384. The van der Waals surface area contributed by atoms with E-state index < -0.39 is 0 Å². The Morgan fingerprint density at radius 3 is 1.90 bits per heavy atom. The van der Waals surface area contributed by atoms with Crippen molar-refractivity contribution in [2.45, 2.75) is 31.3 Å². The smallest absolute Gasteiger partial charge is 0.255 e. The van der Waals surface area contributed by atoms with Crippen LogP contribution in [-0.4, -0.2) is 28.5 Å². The van der Waals surface area contributed by atoms with Gasteiger partial charge in [-0.05, 0) is 73.9 Å². The minimum Gasteiger partial charge on any atom is -0.347 e. The molecule has 0 spiro atoms. The van der Waals surface area contributed by atoms with Gasteiger partial charge in [-0.15, -0.1) is 0 Å². The van der Waals surface area contributed by atoms with Gasteiger partial charge >= 0.3 is 0 Å². The Bertz CT molecular complexity index is 1140. The third-order valence-corrected chi connectivity index (χ3v) is 5.74. The molecule has 31 heavy (non-hydrogen) atoms. The van der Waals surface area contributed by atoms with Gasteiger partial charge in [0, 0.05) is 46.2 Å². The highest BCUT2D eigenvalue weighted by atomic mass is 35.5. The Hall–Kier alpha value is -3.38. The van der Waals surface area contributed by atoms with Crippen LogP contribution in [0.1, 0.15) is 40.0 Å². The Balaban J connectivity index is 1.40. The van der Waals surface area contributed by atoms with Crippen LogP contribution >= 0.6 is 11.6 Å². The summed E-state index contributed by atoms with van der Waals surface area (Å²) in [4.78, 5) is 37.2. The molecule has 158 valence electrons. The van der Waals surface area contributed by atoms with E-state index in [4.69, 9.17) is 11.6 Å². The molecular formula is C24H22ClN3O3. The first-order valence-electron chi connectivity index (χ1n) is 10.2. The molecule has 4 rings (SSSR count). The van der Waals surface area contributed by atoms with E-state index in [-0.39, 0.29) is 29.5 Å². The number of amides is 2. The summed E-state index contributed by atoms with van der Waals surface area (Å²) >= 11 is 5.88. The summed E-state index contributed by atoms with van der Waals surface area (Å²) in [6.07, 6.45) is 4.21. The molecule has 0 radical (unpaired) electrons. The summed E-state index contributed by atoms with van der Waals surface area (Å²) in [6, 6.07) is 18.3. The third-order valence-electron chi connectivity index (χ3n) is 5.49. The van der Waals surface area contributed by atoms with Crippen LogP contribution in [0.4, 0.5) is 0 Å². The van der Waals surface area contributed by atoms with E-state index >= 15 is 0 Å². The molecule has 6 nitrogen and oxygen atoms in total. The summed E-state index contributed by atoms with van der Waals surface area (Å²) < 4.78 is 1.51. The van der Waals surface area contributed by atoms with E-state index in [9.17, 15) is 14.4 Å². The maximum Gasteiger partial charge on any atom is 0.255 e. The van der Waals surface area contributed by atoms with Crippen molar-refractivity contribution in [3.05, 3.63) is 99.4 Å². The molecule has 0 saturated heterocycles. The number of hydrogen-bond donors (Lipinski definition) is 2. The fourth-order valence-corrected chi connectivity index (χ4v) is 3.95. The molecule has 2 aromatic carbocycles. The van der Waals surface area contributed by atoms with Crippen molar-refractivity contribution in [1.29, 1.82) is 0 Å². The van der Waals surface area contributed by atoms with E-state index in [1.165, 1.54) is 10.6 Å². The number of hydrogen-bond acceptors (Lipinski definition) is 3. The molecule has 1 aliphatic rings. The Morgan fingerprint density at radius 2 is 1.35 bits per heavy atom. The van der Waals surface area contributed by atoms with Crippen molar-refractivity contribution in [3.63, 3.8) is 0 Å². The highest BCUT2D eigenvalue weighted by Crippen LogP contribution is 2.21. The zero-order valence-corrected chi connectivity index (χ0v) is 17.5. The van der Waals surface area contributed by atoms with Gasteiger partial charge in [0.05, 0.1) is 0 Å². The Labute approximate surface area is 184 Å². The fourth-order valence-electron chi connectivity index (χ4n) is 3.82. The second-order valence-corrected chi connectivity index (χ2v) is 7.99. The van der Waals surface area contributed by atoms with Crippen molar-refractivity contribution >= 4 is 23.4 Å². The molecule has 2 amide bonds. The predicted octanol–water partition coefficient (Wildman–Crippen LogP) is 3.57. The lowest BCUT2D eigenvalue weighted by Crippen LogP contribution is -2.48. The molecule has 2 unspecified atom stereocenters. The normalized spacial score (nSPS) is 17.8. The number of benzene rings is 2. The quantitative estimate of drug-likeness (QED) is 0.643. The first-order valence-corrected chi connectivity index (χ1v) is 10.5. The summed E-state index contributed by atoms with van der Waals surface area (Å²) in [5, 5.41) is 6.64. The number of aromatic nitrogens is 1. The number of nitrogens with one attached hydrogen (secondary N) is 2. The molecule has 7 heteroatoms. The highest BCUT2D eigenvalue weighted by molar-refractivity contribution is 6.30. The van der Waals surface area contributed by atoms with E-state index in [0.29, 0.717) is 21.8 Å². The molecular weight excluding hydrogens is 414 g/mol. The van der Waals surface area contributed by atoms with Crippen LogP contribution in [-0.2, 0) is 0 Å². The van der Waals surface area contributed by atoms with Gasteiger partial charge in [0.2, 0.25) is 0 Å². The lowest BCUT2D eigenvalue weighted by Gasteiger charge is -2.22. The second-order valence-electron chi connectivity index (χ2n) is 7.55. The van der Waals surface area contributed by atoms with Gasteiger partial charge in [-0.1, -0.05) is 17.7 Å². The third kappa shape index (κ3) is 4.86. The van der Waals surface area contributed by atoms with Crippen LogP contribution in [0.3, 0.4) is 0 Å². The van der Waals surface area contributed by atoms with Crippen LogP contribution in [0.15, 0.2) is 77.7 Å². The number of nitrogens with zero attached hydrogens (tertiary/aromatic N) is 1. The first kappa shape index (κ1) is 20.9. The zero-order valence-electron chi connectivity index (χ0n) is 16.8. The van der Waals surface area contributed by atoms with E-state index in [1.54, 1.807) is 66.9 Å². The van der Waals surface area contributed by atoms with Gasteiger partial charge in [0.1, 0.15) is 0 Å². The lowest BCUT2D eigenvalue weighted by molar-refractivity contribution is 0.0892. The van der Waals surface area contributed by atoms with Crippen molar-refractivity contribution in [2.24, 2.45) is 0 Å². The van der Waals surface area contributed by atoms with Crippen molar-refractivity contribution in [2.75, 3.05) is 0 Å². The maximum atomic E-state index is 12.7. The van der Waals surface area contributed by atoms with Gasteiger partial charge in [-0.2, -0.15) is 0 Å². The average Bonchev–Trinajstić information content (AvgIpc) is 3.21. The fraction of sp³-hybridized carbons (Fsp3) is 0.208. The molecule has 1 aliphatic carbocycles. The molecule has 1 fully saturated rings. The van der Waals surface area contributed by atoms with Gasteiger partial charge in [0.25, 0.3) is 17.4 Å². The van der Waals surface area contributed by atoms with Crippen LogP contribution in [0.5, 0.6) is 0 Å². The van der Waals surface area contributed by atoms with Gasteiger partial charge in [-0.25, -0.2) is 0 Å². The molecule has 2 N–H and O–H groups in total. The summed E-state index contributed by atoms with van der Waals surface area (Å²) in [6.45, 7) is 0. The number of rotatable bonds is 5. The van der Waals surface area contributed by atoms with Gasteiger partial charge in [-0.3, -0.25) is 19.0 Å². The number of pyridine rings is 1. The number of carbonyl (C=O) groups is 2. The topological polar surface area (TPSA) is 80.2 Å². The molecule has 2 atom stereocenters. The molecule has 3 aromatic rings. The van der Waals surface area contributed by atoms with Crippen LogP contribution in [0.25, 0.3) is 5.69 Å². The molecule has 1 aromatic heterocycles. The maximum absolute atomic E-state index is 12.7. The lowest BCUT2D eigenvalue weighted by atomic mass is 10.1. The Morgan fingerprint density at radius 1 is 0.806 bits per heavy atom. The largest absolute Gasteiger partial charge is 0.347 e. The predicted molar refractivity (Wildman–Crippen MR) is 120 cm³/mol. The van der Waals surface area contributed by atoms with Gasteiger partial charge in [0.15, 0.2) is 0 Å². The van der Waals surface area contributed by atoms with Crippen LogP contribution in [0, 0.1) is 0 Å². The second kappa shape index (κ2) is 9.18. The SMILES string of the molecule is O=C(NC1CCCC1NC(=O)c1ccc(-n2ccccc2=O)cc1)c1ccc(Cl)cc1. The first-order chi connectivity index (χ1) is 15.0. The van der Waals surface area contributed by atoms with Crippen LogP contribution in [0.2, 0.25) is 5.02 Å². The Kier molecular flexibility index (Phi) is 6.18. The van der Waals surface area contributed by atoms with Crippen molar-refractivity contribution in [3.8, 4) is 5.69 Å². The van der Waals surface area contributed by atoms with E-state index in [0.717, 1.165) is 19.3 Å².